The van der Waals surface area contributed by atoms with Gasteiger partial charge in [0.2, 0.25) is 29.5 Å². The van der Waals surface area contributed by atoms with E-state index in [4.69, 9.17) is 0 Å². The summed E-state index contributed by atoms with van der Waals surface area (Å²) in [6.45, 7) is 12.6. The molecule has 0 spiro atoms. The first-order valence-corrected chi connectivity index (χ1v) is 13.4. The standard InChI is InChI=1S/C27H44N4O7/c1-15(2)12-29-26(37)18(7)10-21(33)25(17(5)6)30-22(34)9-8-19(32)13-28-23(35)14-31-24(36)11-20(16(3)4)27(31)38/h15-18,20,25H,8-14H2,1-7H3,(H,28,35)(H,29,37)(H,30,34)/t18-,20?,25+/m1/s1. The number of carbonyl (C=O) groups is 7. The molecule has 214 valence electrons. The molecule has 1 unspecified atom stereocenters. The molecule has 1 saturated heterocycles. The van der Waals surface area contributed by atoms with Crippen LogP contribution in [0.15, 0.2) is 0 Å². The number of carbonyl (C=O) groups excluding carboxylic acids is 7. The van der Waals surface area contributed by atoms with Crippen LogP contribution in [0.1, 0.15) is 74.1 Å². The van der Waals surface area contributed by atoms with Crippen molar-refractivity contribution in [3.05, 3.63) is 0 Å². The van der Waals surface area contributed by atoms with E-state index in [9.17, 15) is 33.6 Å². The second kappa shape index (κ2) is 15.3. The summed E-state index contributed by atoms with van der Waals surface area (Å²) in [6.07, 6.45) is -0.273. The quantitative estimate of drug-likeness (QED) is 0.248. The highest BCUT2D eigenvalue weighted by Crippen LogP contribution is 2.25. The highest BCUT2D eigenvalue weighted by Gasteiger charge is 2.40. The monoisotopic (exact) mass is 536 g/mol. The zero-order valence-electron chi connectivity index (χ0n) is 23.7. The number of ketones is 2. The van der Waals surface area contributed by atoms with E-state index >= 15 is 0 Å². The Kier molecular flexibility index (Phi) is 13.3. The zero-order valence-corrected chi connectivity index (χ0v) is 23.7. The van der Waals surface area contributed by atoms with Crippen molar-refractivity contribution in [1.29, 1.82) is 0 Å². The van der Waals surface area contributed by atoms with Crippen molar-refractivity contribution in [2.75, 3.05) is 19.6 Å². The average Bonchev–Trinajstić information content (AvgIpc) is 3.11. The molecule has 1 heterocycles. The van der Waals surface area contributed by atoms with Crippen LogP contribution in [-0.4, -0.2) is 71.7 Å². The lowest BCUT2D eigenvalue weighted by molar-refractivity contribution is -0.143. The Balaban J connectivity index is 2.47. The average molecular weight is 537 g/mol. The number of rotatable bonds is 16. The van der Waals surface area contributed by atoms with Crippen LogP contribution in [-0.2, 0) is 33.6 Å². The predicted molar refractivity (Wildman–Crippen MR) is 140 cm³/mol. The van der Waals surface area contributed by atoms with E-state index in [0.717, 1.165) is 4.90 Å². The third-order valence-corrected chi connectivity index (χ3v) is 6.47. The van der Waals surface area contributed by atoms with Gasteiger partial charge >= 0.3 is 0 Å². The predicted octanol–water partition coefficient (Wildman–Crippen LogP) is 0.991. The van der Waals surface area contributed by atoms with E-state index in [1.54, 1.807) is 20.8 Å². The van der Waals surface area contributed by atoms with Gasteiger partial charge in [0, 0.05) is 44.1 Å². The summed E-state index contributed by atoms with van der Waals surface area (Å²) < 4.78 is 0. The third-order valence-electron chi connectivity index (χ3n) is 6.47. The van der Waals surface area contributed by atoms with Crippen molar-refractivity contribution in [1.82, 2.24) is 20.9 Å². The summed E-state index contributed by atoms with van der Waals surface area (Å²) in [5.41, 5.74) is 0. The first-order chi connectivity index (χ1) is 17.6. The molecule has 5 amide bonds. The van der Waals surface area contributed by atoms with Gasteiger partial charge in [0.1, 0.15) is 6.54 Å². The van der Waals surface area contributed by atoms with Crippen LogP contribution in [0.25, 0.3) is 0 Å². The van der Waals surface area contributed by atoms with Crippen molar-refractivity contribution in [2.45, 2.75) is 80.2 Å². The second-order valence-corrected chi connectivity index (χ2v) is 11.2. The Labute approximate surface area is 225 Å². The van der Waals surface area contributed by atoms with Gasteiger partial charge in [-0.2, -0.15) is 0 Å². The fourth-order valence-electron chi connectivity index (χ4n) is 4.00. The van der Waals surface area contributed by atoms with Crippen molar-refractivity contribution < 1.29 is 33.6 Å². The summed E-state index contributed by atoms with van der Waals surface area (Å²) in [5.74, 6) is -3.71. The first-order valence-electron chi connectivity index (χ1n) is 13.4. The molecule has 1 fully saturated rings. The molecule has 3 atom stereocenters. The van der Waals surface area contributed by atoms with Gasteiger partial charge in [0.05, 0.1) is 12.6 Å². The molecule has 0 aliphatic carbocycles. The Hall–Kier alpha value is -3.11. The Morgan fingerprint density at radius 2 is 1.53 bits per heavy atom. The maximum absolute atomic E-state index is 12.8. The minimum atomic E-state index is -0.789. The van der Waals surface area contributed by atoms with Crippen molar-refractivity contribution in [2.24, 2.45) is 29.6 Å². The smallest absolute Gasteiger partial charge is 0.240 e. The molecule has 0 radical (unpaired) electrons. The number of likely N-dealkylation sites (tertiary alicyclic amines) is 1. The number of hydrogen-bond donors (Lipinski definition) is 3. The lowest BCUT2D eigenvalue weighted by Gasteiger charge is -2.23. The van der Waals surface area contributed by atoms with Gasteiger partial charge in [-0.1, -0.05) is 48.5 Å². The molecule has 1 aliphatic heterocycles. The molecule has 38 heavy (non-hydrogen) atoms. The van der Waals surface area contributed by atoms with Crippen molar-refractivity contribution >= 4 is 41.1 Å². The molecule has 1 rings (SSSR count). The van der Waals surface area contributed by atoms with E-state index in [-0.39, 0.29) is 67.6 Å². The highest BCUT2D eigenvalue weighted by atomic mass is 16.2. The van der Waals surface area contributed by atoms with Gasteiger partial charge in [-0.25, -0.2) is 0 Å². The molecule has 0 aromatic heterocycles. The number of nitrogens with zero attached hydrogens (tertiary/aromatic N) is 1. The summed E-state index contributed by atoms with van der Waals surface area (Å²) in [6, 6.07) is -0.789. The van der Waals surface area contributed by atoms with Gasteiger partial charge in [0.25, 0.3) is 0 Å². The normalized spacial score (nSPS) is 17.1. The van der Waals surface area contributed by atoms with Gasteiger partial charge in [-0.15, -0.1) is 0 Å². The Bertz CT molecular complexity index is 913. The number of hydrogen-bond acceptors (Lipinski definition) is 7. The molecule has 1 aliphatic rings. The number of imide groups is 1. The van der Waals surface area contributed by atoms with Gasteiger partial charge in [-0.3, -0.25) is 38.5 Å². The van der Waals surface area contributed by atoms with Crippen LogP contribution >= 0.6 is 0 Å². The van der Waals surface area contributed by atoms with Crippen LogP contribution in [0.3, 0.4) is 0 Å². The van der Waals surface area contributed by atoms with Crippen LogP contribution in [0, 0.1) is 29.6 Å². The second-order valence-electron chi connectivity index (χ2n) is 11.2. The first kappa shape index (κ1) is 32.9. The van der Waals surface area contributed by atoms with E-state index in [1.807, 2.05) is 27.7 Å². The summed E-state index contributed by atoms with van der Waals surface area (Å²) in [4.78, 5) is 87.0. The van der Waals surface area contributed by atoms with E-state index < -0.39 is 47.9 Å². The molecule has 0 saturated carbocycles. The third kappa shape index (κ3) is 10.7. The molecule has 11 heteroatoms. The number of amides is 5. The molecule has 0 bridgehead atoms. The molecular formula is C27H44N4O7. The number of Topliss-reactive ketones (excluding diaryl/α,β-unsaturated/α-hetero) is 2. The highest BCUT2D eigenvalue weighted by molar-refractivity contribution is 6.06. The maximum Gasteiger partial charge on any atom is 0.240 e. The molecule has 0 aromatic rings. The minimum Gasteiger partial charge on any atom is -0.356 e. The SMILES string of the molecule is CC(C)CNC(=O)[C@H](C)CC(=O)[C@@H](NC(=O)CCC(=O)CNC(=O)CN1C(=O)CC(C(C)C)C1=O)C(C)C. The van der Waals surface area contributed by atoms with Gasteiger partial charge < -0.3 is 16.0 Å². The van der Waals surface area contributed by atoms with E-state index in [1.165, 1.54) is 0 Å². The van der Waals surface area contributed by atoms with Crippen LogP contribution in [0.4, 0.5) is 0 Å². The molecular weight excluding hydrogens is 492 g/mol. The van der Waals surface area contributed by atoms with Crippen molar-refractivity contribution in [3.8, 4) is 0 Å². The van der Waals surface area contributed by atoms with Crippen molar-refractivity contribution in [3.63, 3.8) is 0 Å². The summed E-state index contributed by atoms with van der Waals surface area (Å²) in [5, 5.41) is 7.84. The van der Waals surface area contributed by atoms with E-state index in [0.29, 0.717) is 6.54 Å². The minimum absolute atomic E-state index is 0.0159. The molecule has 11 nitrogen and oxygen atoms in total. The molecule has 0 aromatic carbocycles. The lowest BCUT2D eigenvalue weighted by Crippen LogP contribution is -2.46. The Morgan fingerprint density at radius 1 is 0.895 bits per heavy atom. The van der Waals surface area contributed by atoms with E-state index in [2.05, 4.69) is 16.0 Å². The van der Waals surface area contributed by atoms with Crippen LogP contribution < -0.4 is 16.0 Å². The Morgan fingerprint density at radius 3 is 2.05 bits per heavy atom. The molecule has 3 N–H and O–H groups in total. The van der Waals surface area contributed by atoms with Gasteiger partial charge in [-0.05, 0) is 17.8 Å². The number of nitrogens with one attached hydrogen (secondary N) is 3. The fourth-order valence-corrected chi connectivity index (χ4v) is 4.00. The zero-order chi connectivity index (χ0) is 29.2. The van der Waals surface area contributed by atoms with Gasteiger partial charge in [0.15, 0.2) is 11.6 Å². The maximum atomic E-state index is 12.8. The van der Waals surface area contributed by atoms with Crippen LogP contribution in [0.5, 0.6) is 0 Å². The summed E-state index contributed by atoms with van der Waals surface area (Å²) in [7, 11) is 0. The summed E-state index contributed by atoms with van der Waals surface area (Å²) >= 11 is 0. The largest absolute Gasteiger partial charge is 0.356 e. The topological polar surface area (TPSA) is 159 Å². The lowest BCUT2D eigenvalue weighted by atomic mass is 9.92. The van der Waals surface area contributed by atoms with Crippen LogP contribution in [0.2, 0.25) is 0 Å². The fraction of sp³-hybridized carbons (Fsp3) is 0.741.